The fraction of sp³-hybridized carbons (Fsp3) is 0.556. The first-order valence-electron chi connectivity index (χ1n) is 4.95. The highest BCUT2D eigenvalue weighted by Gasteiger charge is 2.32. The van der Waals surface area contributed by atoms with E-state index < -0.39 is 10.0 Å². The molecule has 1 aromatic rings. The smallest absolute Gasteiger partial charge is 0.252 e. The van der Waals surface area contributed by atoms with Crippen LogP contribution >= 0.6 is 23.1 Å². The second-order valence-corrected chi connectivity index (χ2v) is 7.92. The second kappa shape index (κ2) is 4.56. The van der Waals surface area contributed by atoms with E-state index in [0.29, 0.717) is 16.4 Å². The van der Waals surface area contributed by atoms with Crippen molar-refractivity contribution in [2.75, 3.05) is 23.8 Å². The Bertz CT molecular complexity index is 469. The molecule has 16 heavy (non-hydrogen) atoms. The summed E-state index contributed by atoms with van der Waals surface area (Å²) in [6.07, 6.45) is 0. The van der Waals surface area contributed by atoms with Gasteiger partial charge in [0.1, 0.15) is 4.21 Å². The number of anilines is 1. The van der Waals surface area contributed by atoms with Gasteiger partial charge >= 0.3 is 0 Å². The summed E-state index contributed by atoms with van der Waals surface area (Å²) in [5, 5.41) is 1.66. The first-order valence-corrected chi connectivity index (χ1v) is 8.43. The van der Waals surface area contributed by atoms with Gasteiger partial charge in [-0.1, -0.05) is 0 Å². The number of hydrogen-bond acceptors (Lipinski definition) is 5. The maximum atomic E-state index is 12.3. The first kappa shape index (κ1) is 12.2. The Kier molecular flexibility index (Phi) is 3.48. The highest BCUT2D eigenvalue weighted by atomic mass is 32.2. The number of rotatable bonds is 2. The molecule has 1 aliphatic rings. The largest absolute Gasteiger partial charge is 0.398 e. The molecule has 2 rings (SSSR count). The molecule has 0 saturated carbocycles. The number of nitrogens with two attached hydrogens (primary N) is 1. The molecule has 0 aromatic carbocycles. The average Bonchev–Trinajstić information content (AvgIpc) is 2.66. The van der Waals surface area contributed by atoms with E-state index >= 15 is 0 Å². The van der Waals surface area contributed by atoms with Crippen molar-refractivity contribution < 1.29 is 8.42 Å². The summed E-state index contributed by atoms with van der Waals surface area (Å²) in [4.78, 5) is 0. The van der Waals surface area contributed by atoms with E-state index in [1.165, 1.54) is 17.4 Å². The first-order chi connectivity index (χ1) is 7.51. The average molecular weight is 278 g/mol. The van der Waals surface area contributed by atoms with Gasteiger partial charge in [0.25, 0.3) is 10.0 Å². The van der Waals surface area contributed by atoms with E-state index in [2.05, 4.69) is 0 Å². The Morgan fingerprint density at radius 2 is 2.31 bits per heavy atom. The second-order valence-electron chi connectivity index (χ2n) is 3.74. The topological polar surface area (TPSA) is 63.4 Å². The zero-order valence-electron chi connectivity index (χ0n) is 8.92. The Hall–Kier alpha value is -0.240. The SMILES string of the molecule is CC1CSCCN1S(=O)(=O)c1cc(N)cs1. The molecule has 1 unspecified atom stereocenters. The van der Waals surface area contributed by atoms with Crippen molar-refractivity contribution in [2.45, 2.75) is 17.2 Å². The van der Waals surface area contributed by atoms with Crippen molar-refractivity contribution >= 4 is 38.8 Å². The van der Waals surface area contributed by atoms with Gasteiger partial charge in [-0.05, 0) is 13.0 Å². The van der Waals surface area contributed by atoms with E-state index in [0.717, 1.165) is 11.5 Å². The molecule has 1 aliphatic heterocycles. The Labute approximate surface area is 104 Å². The Balaban J connectivity index is 2.31. The van der Waals surface area contributed by atoms with Gasteiger partial charge in [0, 0.05) is 35.2 Å². The third-order valence-corrected chi connectivity index (χ3v) is 7.10. The van der Waals surface area contributed by atoms with Crippen LogP contribution in [-0.2, 0) is 10.0 Å². The molecule has 1 aromatic heterocycles. The van der Waals surface area contributed by atoms with Gasteiger partial charge < -0.3 is 5.73 Å². The minimum Gasteiger partial charge on any atom is -0.398 e. The van der Waals surface area contributed by atoms with Gasteiger partial charge in [-0.15, -0.1) is 11.3 Å². The summed E-state index contributed by atoms with van der Waals surface area (Å²) in [7, 11) is -3.33. The maximum absolute atomic E-state index is 12.3. The van der Waals surface area contributed by atoms with Crippen molar-refractivity contribution in [1.29, 1.82) is 0 Å². The van der Waals surface area contributed by atoms with E-state index in [9.17, 15) is 8.42 Å². The Morgan fingerprint density at radius 3 is 2.88 bits per heavy atom. The standard InChI is InChI=1S/C9H14N2O2S3/c1-7-5-14-3-2-11(7)16(12,13)9-4-8(10)6-15-9/h4,6-7H,2-3,5,10H2,1H3. The van der Waals surface area contributed by atoms with Gasteiger partial charge in [0.05, 0.1) is 0 Å². The monoisotopic (exact) mass is 278 g/mol. The van der Waals surface area contributed by atoms with Crippen LogP contribution in [0.5, 0.6) is 0 Å². The molecule has 0 amide bonds. The fourth-order valence-corrected chi connectivity index (χ4v) is 5.71. The Morgan fingerprint density at radius 1 is 1.56 bits per heavy atom. The summed E-state index contributed by atoms with van der Waals surface area (Å²) in [5.41, 5.74) is 6.08. The molecule has 1 saturated heterocycles. The van der Waals surface area contributed by atoms with Crippen LogP contribution in [0.1, 0.15) is 6.92 Å². The minimum atomic E-state index is -3.33. The van der Waals surface area contributed by atoms with E-state index in [1.54, 1.807) is 21.4 Å². The highest BCUT2D eigenvalue weighted by Crippen LogP contribution is 2.29. The van der Waals surface area contributed by atoms with Gasteiger partial charge in [-0.25, -0.2) is 8.42 Å². The zero-order chi connectivity index (χ0) is 11.8. The number of thiophene rings is 1. The predicted molar refractivity (Wildman–Crippen MR) is 69.4 cm³/mol. The van der Waals surface area contributed by atoms with Gasteiger partial charge in [-0.3, -0.25) is 0 Å². The normalized spacial score (nSPS) is 23.4. The van der Waals surface area contributed by atoms with Crippen LogP contribution in [0.4, 0.5) is 5.69 Å². The summed E-state index contributed by atoms with van der Waals surface area (Å²) < 4.78 is 26.5. The molecule has 4 nitrogen and oxygen atoms in total. The van der Waals surface area contributed by atoms with Crippen molar-refractivity contribution in [3.63, 3.8) is 0 Å². The molecule has 90 valence electrons. The molecular formula is C9H14N2O2S3. The fourth-order valence-electron chi connectivity index (χ4n) is 1.65. The molecular weight excluding hydrogens is 264 g/mol. The summed E-state index contributed by atoms with van der Waals surface area (Å²) >= 11 is 2.99. The molecule has 0 aliphatic carbocycles. The van der Waals surface area contributed by atoms with Crippen molar-refractivity contribution in [1.82, 2.24) is 4.31 Å². The maximum Gasteiger partial charge on any atom is 0.252 e. The lowest BCUT2D eigenvalue weighted by molar-refractivity contribution is 0.368. The lowest BCUT2D eigenvalue weighted by atomic mass is 10.4. The molecule has 2 heterocycles. The van der Waals surface area contributed by atoms with E-state index in [4.69, 9.17) is 5.73 Å². The van der Waals surface area contributed by atoms with Crippen molar-refractivity contribution in [2.24, 2.45) is 0 Å². The third-order valence-electron chi connectivity index (χ3n) is 2.47. The number of hydrogen-bond donors (Lipinski definition) is 1. The zero-order valence-corrected chi connectivity index (χ0v) is 11.4. The lowest BCUT2D eigenvalue weighted by Gasteiger charge is -2.31. The number of thioether (sulfide) groups is 1. The van der Waals surface area contributed by atoms with Crippen molar-refractivity contribution in [3.05, 3.63) is 11.4 Å². The van der Waals surface area contributed by atoms with Gasteiger partial charge in [-0.2, -0.15) is 16.1 Å². The van der Waals surface area contributed by atoms with Crippen LogP contribution in [0.25, 0.3) is 0 Å². The number of sulfonamides is 1. The van der Waals surface area contributed by atoms with Gasteiger partial charge in [0.15, 0.2) is 0 Å². The molecule has 7 heteroatoms. The van der Waals surface area contributed by atoms with E-state index in [-0.39, 0.29) is 6.04 Å². The van der Waals surface area contributed by atoms with Crippen LogP contribution in [0, 0.1) is 0 Å². The molecule has 2 N–H and O–H groups in total. The highest BCUT2D eigenvalue weighted by molar-refractivity contribution is 7.99. The van der Waals surface area contributed by atoms with Gasteiger partial charge in [0.2, 0.25) is 0 Å². The van der Waals surface area contributed by atoms with Crippen molar-refractivity contribution in [3.8, 4) is 0 Å². The van der Waals surface area contributed by atoms with Crippen LogP contribution < -0.4 is 5.73 Å². The van der Waals surface area contributed by atoms with Crippen LogP contribution in [0.15, 0.2) is 15.7 Å². The lowest BCUT2D eigenvalue weighted by Crippen LogP contribution is -2.44. The van der Waals surface area contributed by atoms with Crippen LogP contribution in [0.3, 0.4) is 0 Å². The van der Waals surface area contributed by atoms with Crippen LogP contribution in [0.2, 0.25) is 0 Å². The van der Waals surface area contributed by atoms with E-state index in [1.807, 2.05) is 6.92 Å². The molecule has 0 spiro atoms. The summed E-state index contributed by atoms with van der Waals surface area (Å²) in [5.74, 6) is 1.73. The number of nitrogens with zero attached hydrogens (tertiary/aromatic N) is 1. The molecule has 0 bridgehead atoms. The molecule has 1 atom stereocenters. The quantitative estimate of drug-likeness (QED) is 0.889. The molecule has 0 radical (unpaired) electrons. The number of nitrogen functional groups attached to an aromatic ring is 1. The summed E-state index contributed by atoms with van der Waals surface area (Å²) in [6.45, 7) is 2.53. The summed E-state index contributed by atoms with van der Waals surface area (Å²) in [6, 6.07) is 1.60. The predicted octanol–water partition coefficient (Wildman–Crippen LogP) is 1.46. The minimum absolute atomic E-state index is 0.0621. The van der Waals surface area contributed by atoms with Crippen LogP contribution in [-0.4, -0.2) is 36.8 Å². The third kappa shape index (κ3) is 2.22. The molecule has 1 fully saturated rings.